The maximum Gasteiger partial charge on any atom is 1.00 e. The molecular formula is C8H7F3KNO. The van der Waals surface area contributed by atoms with Crippen molar-refractivity contribution in [1.82, 2.24) is 0 Å². The molecule has 1 aromatic rings. The van der Waals surface area contributed by atoms with Gasteiger partial charge in [-0.05, 0) is 12.1 Å². The van der Waals surface area contributed by atoms with Crippen LogP contribution in [0.15, 0.2) is 24.3 Å². The number of alkyl halides is 3. The Kier molecular flexibility index (Phi) is 6.27. The minimum atomic E-state index is -4.65. The predicted octanol–water partition coefficient (Wildman–Crippen LogP) is 0.141. The Morgan fingerprint density at radius 1 is 1.14 bits per heavy atom. The van der Waals surface area contributed by atoms with E-state index < -0.39 is 6.36 Å². The molecule has 0 heterocycles. The second-order valence-corrected chi connectivity index (χ2v) is 2.37. The first-order chi connectivity index (χ1) is 6.01. The number of ether oxygens (including phenoxy) is 1. The second kappa shape index (κ2) is 6.09. The van der Waals surface area contributed by atoms with Gasteiger partial charge in [-0.15, -0.1) is 19.7 Å². The maximum atomic E-state index is 11.7. The number of hydrogen-bond donors (Lipinski definition) is 0. The van der Waals surface area contributed by atoms with Crippen LogP contribution in [0.5, 0.6) is 5.75 Å². The number of nitrogens with one attached hydrogen (secondary N) is 1. The van der Waals surface area contributed by atoms with Crippen molar-refractivity contribution < 1.29 is 69.3 Å². The van der Waals surface area contributed by atoms with E-state index in [0.29, 0.717) is 5.56 Å². The number of halogens is 3. The molecule has 0 aliphatic heterocycles. The van der Waals surface area contributed by atoms with Gasteiger partial charge in [0, 0.05) is 0 Å². The van der Waals surface area contributed by atoms with Gasteiger partial charge in [-0.2, -0.15) is 0 Å². The van der Waals surface area contributed by atoms with Crippen molar-refractivity contribution >= 4 is 0 Å². The monoisotopic (exact) mass is 229 g/mol. The van der Waals surface area contributed by atoms with Crippen LogP contribution < -0.4 is 56.1 Å². The molecule has 0 unspecified atom stereocenters. The fourth-order valence-corrected chi connectivity index (χ4v) is 0.809. The van der Waals surface area contributed by atoms with Crippen molar-refractivity contribution in [3.05, 3.63) is 35.6 Å². The van der Waals surface area contributed by atoms with Crippen LogP contribution in [0.4, 0.5) is 13.2 Å². The molecule has 0 amide bonds. The zero-order chi connectivity index (χ0) is 9.90. The van der Waals surface area contributed by atoms with E-state index in [1.807, 2.05) is 0 Å². The molecule has 0 saturated carbocycles. The molecule has 0 bridgehead atoms. The topological polar surface area (TPSA) is 33.0 Å². The van der Waals surface area contributed by atoms with E-state index in [4.69, 9.17) is 5.73 Å². The molecular weight excluding hydrogens is 222 g/mol. The molecule has 14 heavy (non-hydrogen) atoms. The third kappa shape index (κ3) is 5.33. The number of rotatable bonds is 2. The van der Waals surface area contributed by atoms with Crippen molar-refractivity contribution in [1.29, 1.82) is 0 Å². The molecule has 0 saturated heterocycles. The van der Waals surface area contributed by atoms with Gasteiger partial charge >= 0.3 is 57.7 Å². The number of hydrogen-bond acceptors (Lipinski definition) is 1. The molecule has 0 aromatic heterocycles. The maximum absolute atomic E-state index is 11.7. The largest absolute Gasteiger partial charge is 1.00 e. The molecule has 6 heteroatoms. The standard InChI is InChI=1S/C8H7F3NO.K/c9-8(10,11)13-7-3-1-6(5-12)2-4-7;/h1-4,12H,5H2;/q-1;+1. The van der Waals surface area contributed by atoms with Crippen LogP contribution in [-0.2, 0) is 6.54 Å². The fraction of sp³-hybridized carbons (Fsp3) is 0.250. The Morgan fingerprint density at radius 3 is 2.00 bits per heavy atom. The Bertz CT molecular complexity index is 273. The first-order valence-electron chi connectivity index (χ1n) is 3.50. The van der Waals surface area contributed by atoms with Crippen LogP contribution >= 0.6 is 0 Å². The SMILES string of the molecule is [K+].[NH-]Cc1ccc(OC(F)(F)F)cc1. The van der Waals surface area contributed by atoms with Crippen LogP contribution in [0.1, 0.15) is 5.56 Å². The summed E-state index contributed by atoms with van der Waals surface area (Å²) in [5, 5.41) is 0. The summed E-state index contributed by atoms with van der Waals surface area (Å²) in [4.78, 5) is 0. The van der Waals surface area contributed by atoms with Crippen molar-refractivity contribution in [2.24, 2.45) is 0 Å². The minimum absolute atomic E-state index is 0. The van der Waals surface area contributed by atoms with Crippen molar-refractivity contribution in [3.63, 3.8) is 0 Å². The zero-order valence-electron chi connectivity index (χ0n) is 7.56. The predicted molar refractivity (Wildman–Crippen MR) is 41.2 cm³/mol. The summed E-state index contributed by atoms with van der Waals surface area (Å²) in [6, 6.07) is 5.23. The van der Waals surface area contributed by atoms with Crippen LogP contribution in [-0.4, -0.2) is 6.36 Å². The van der Waals surface area contributed by atoms with Gasteiger partial charge in [-0.3, -0.25) is 0 Å². The Morgan fingerprint density at radius 2 is 1.64 bits per heavy atom. The third-order valence-electron chi connectivity index (χ3n) is 1.36. The van der Waals surface area contributed by atoms with Crippen LogP contribution in [0.2, 0.25) is 0 Å². The zero-order valence-corrected chi connectivity index (χ0v) is 10.7. The molecule has 0 radical (unpaired) electrons. The van der Waals surface area contributed by atoms with Gasteiger partial charge in [0.25, 0.3) is 0 Å². The Balaban J connectivity index is 0.00000169. The average molecular weight is 229 g/mol. The molecule has 2 nitrogen and oxygen atoms in total. The Labute approximate surface area is 122 Å². The quantitative estimate of drug-likeness (QED) is 0.664. The number of benzene rings is 1. The van der Waals surface area contributed by atoms with Crippen LogP contribution in [0.3, 0.4) is 0 Å². The van der Waals surface area contributed by atoms with E-state index in [-0.39, 0.29) is 63.7 Å². The fourth-order valence-electron chi connectivity index (χ4n) is 0.809. The molecule has 0 spiro atoms. The van der Waals surface area contributed by atoms with Crippen molar-refractivity contribution in [2.45, 2.75) is 12.9 Å². The molecule has 1 aromatic carbocycles. The molecule has 0 aliphatic carbocycles. The van der Waals surface area contributed by atoms with E-state index in [2.05, 4.69) is 4.74 Å². The van der Waals surface area contributed by atoms with Crippen LogP contribution in [0, 0.1) is 0 Å². The summed E-state index contributed by atoms with van der Waals surface area (Å²) in [7, 11) is 0. The smallest absolute Gasteiger partial charge is 0.674 e. The summed E-state index contributed by atoms with van der Waals surface area (Å²) < 4.78 is 38.6. The van der Waals surface area contributed by atoms with E-state index in [9.17, 15) is 13.2 Å². The van der Waals surface area contributed by atoms with Gasteiger partial charge in [0.2, 0.25) is 0 Å². The van der Waals surface area contributed by atoms with Gasteiger partial charge in [-0.25, -0.2) is 0 Å². The summed E-state index contributed by atoms with van der Waals surface area (Å²) in [6.07, 6.45) is -4.65. The normalized spacial score (nSPS) is 10.6. The summed E-state index contributed by atoms with van der Waals surface area (Å²) >= 11 is 0. The summed E-state index contributed by atoms with van der Waals surface area (Å²) in [6.45, 7) is 0.0479. The van der Waals surface area contributed by atoms with Gasteiger partial charge < -0.3 is 10.5 Å². The summed E-state index contributed by atoms with van der Waals surface area (Å²) in [5.41, 5.74) is 7.58. The average Bonchev–Trinajstić information content (AvgIpc) is 2.03. The molecule has 1 rings (SSSR count). The summed E-state index contributed by atoms with van der Waals surface area (Å²) in [5.74, 6) is -0.260. The first-order valence-corrected chi connectivity index (χ1v) is 3.50. The molecule has 0 atom stereocenters. The van der Waals surface area contributed by atoms with E-state index in [1.54, 1.807) is 0 Å². The van der Waals surface area contributed by atoms with Crippen molar-refractivity contribution in [2.75, 3.05) is 0 Å². The molecule has 0 fully saturated rings. The molecule has 72 valence electrons. The molecule has 1 N–H and O–H groups in total. The van der Waals surface area contributed by atoms with Gasteiger partial charge in [0.15, 0.2) is 0 Å². The Hall–Kier alpha value is 0.406. The van der Waals surface area contributed by atoms with Crippen molar-refractivity contribution in [3.8, 4) is 5.75 Å². The van der Waals surface area contributed by atoms with Gasteiger partial charge in [0.05, 0.1) is 0 Å². The van der Waals surface area contributed by atoms with E-state index in [0.717, 1.165) is 0 Å². The molecule has 0 aliphatic rings. The van der Waals surface area contributed by atoms with Gasteiger partial charge in [0.1, 0.15) is 5.75 Å². The van der Waals surface area contributed by atoms with E-state index >= 15 is 0 Å². The first kappa shape index (κ1) is 14.4. The van der Waals surface area contributed by atoms with Gasteiger partial charge in [-0.1, -0.05) is 17.7 Å². The third-order valence-corrected chi connectivity index (χ3v) is 1.36. The van der Waals surface area contributed by atoms with E-state index in [1.165, 1.54) is 24.3 Å². The minimum Gasteiger partial charge on any atom is -0.674 e. The second-order valence-electron chi connectivity index (χ2n) is 2.37. The van der Waals surface area contributed by atoms with Crippen LogP contribution in [0.25, 0.3) is 5.73 Å².